The van der Waals surface area contributed by atoms with E-state index >= 15 is 0 Å². The first kappa shape index (κ1) is 18.1. The Labute approximate surface area is 168 Å². The van der Waals surface area contributed by atoms with Crippen molar-refractivity contribution in [1.82, 2.24) is 4.98 Å². The molecule has 0 spiro atoms. The zero-order valence-corrected chi connectivity index (χ0v) is 15.8. The highest BCUT2D eigenvalue weighted by molar-refractivity contribution is 7.21. The van der Waals surface area contributed by atoms with Crippen molar-refractivity contribution in [2.75, 3.05) is 5.32 Å². The van der Waals surface area contributed by atoms with Gasteiger partial charge in [-0.1, -0.05) is 29.8 Å². The monoisotopic (exact) mass is 409 g/mol. The molecule has 8 heteroatoms. The number of para-hydroxylation sites is 1. The molecule has 0 aliphatic carbocycles. The molecule has 0 radical (unpaired) electrons. The van der Waals surface area contributed by atoms with Crippen LogP contribution in [0.15, 0.2) is 66.7 Å². The minimum Gasteiger partial charge on any atom is -0.321 e. The van der Waals surface area contributed by atoms with E-state index < -0.39 is 10.8 Å². The third kappa shape index (κ3) is 3.58. The summed E-state index contributed by atoms with van der Waals surface area (Å²) in [4.78, 5) is 27.7. The molecule has 4 aromatic rings. The van der Waals surface area contributed by atoms with Crippen molar-refractivity contribution in [2.24, 2.45) is 0 Å². The third-order valence-electron chi connectivity index (χ3n) is 4.07. The summed E-state index contributed by atoms with van der Waals surface area (Å²) in [5.74, 6) is -0.451. The molecule has 6 nitrogen and oxygen atoms in total. The lowest BCUT2D eigenvalue weighted by Crippen LogP contribution is -2.12. The van der Waals surface area contributed by atoms with Gasteiger partial charge in [0.05, 0.1) is 20.8 Å². The molecule has 0 aliphatic rings. The fourth-order valence-corrected chi connectivity index (χ4v) is 3.91. The molecular formula is C20H12ClN3O3S. The molecule has 138 valence electrons. The fourth-order valence-electron chi connectivity index (χ4n) is 2.75. The van der Waals surface area contributed by atoms with E-state index in [4.69, 9.17) is 11.6 Å². The highest BCUT2D eigenvalue weighted by Gasteiger charge is 2.16. The maximum Gasteiger partial charge on any atom is 0.270 e. The highest BCUT2D eigenvalue weighted by atomic mass is 35.5. The molecule has 0 unspecified atom stereocenters. The molecule has 0 bridgehead atoms. The first-order valence-electron chi connectivity index (χ1n) is 8.22. The quantitative estimate of drug-likeness (QED) is 0.342. The molecule has 4 rings (SSSR count). The summed E-state index contributed by atoms with van der Waals surface area (Å²) in [6.45, 7) is 0. The number of nitrogens with one attached hydrogen (secondary N) is 1. The van der Waals surface area contributed by atoms with Gasteiger partial charge in [0, 0.05) is 28.3 Å². The molecular weight excluding hydrogens is 398 g/mol. The summed E-state index contributed by atoms with van der Waals surface area (Å²) < 4.78 is 1.02. The minimum atomic E-state index is -0.536. The van der Waals surface area contributed by atoms with Crippen LogP contribution in [-0.4, -0.2) is 15.8 Å². The van der Waals surface area contributed by atoms with Gasteiger partial charge < -0.3 is 5.32 Å². The number of carbonyl (C=O) groups excluding carboxylic acids is 1. The van der Waals surface area contributed by atoms with Gasteiger partial charge in [0.2, 0.25) is 0 Å². The van der Waals surface area contributed by atoms with E-state index in [0.29, 0.717) is 16.3 Å². The van der Waals surface area contributed by atoms with E-state index in [9.17, 15) is 14.9 Å². The van der Waals surface area contributed by atoms with E-state index in [2.05, 4.69) is 10.3 Å². The van der Waals surface area contributed by atoms with Gasteiger partial charge in [-0.25, -0.2) is 4.98 Å². The van der Waals surface area contributed by atoms with Crippen LogP contribution in [0.1, 0.15) is 10.4 Å². The van der Waals surface area contributed by atoms with Gasteiger partial charge in [-0.2, -0.15) is 0 Å². The van der Waals surface area contributed by atoms with Crippen LogP contribution in [0.2, 0.25) is 5.02 Å². The molecule has 1 N–H and O–H groups in total. The van der Waals surface area contributed by atoms with Crippen molar-refractivity contribution < 1.29 is 9.72 Å². The second-order valence-electron chi connectivity index (χ2n) is 5.94. The number of fused-ring (bicyclic) bond motifs is 1. The lowest BCUT2D eigenvalue weighted by Gasteiger charge is -2.10. The van der Waals surface area contributed by atoms with Crippen LogP contribution >= 0.6 is 22.9 Å². The Morgan fingerprint density at radius 1 is 1.07 bits per heavy atom. The van der Waals surface area contributed by atoms with Gasteiger partial charge in [0.25, 0.3) is 11.6 Å². The Bertz CT molecular complexity index is 1190. The second-order valence-corrected chi connectivity index (χ2v) is 7.41. The highest BCUT2D eigenvalue weighted by Crippen LogP contribution is 2.36. The fraction of sp³-hybridized carbons (Fsp3) is 0. The molecule has 0 saturated heterocycles. The van der Waals surface area contributed by atoms with Crippen molar-refractivity contribution in [1.29, 1.82) is 0 Å². The number of non-ortho nitro benzene ring substituents is 1. The maximum absolute atomic E-state index is 12.6. The molecule has 1 heterocycles. The predicted molar refractivity (Wildman–Crippen MR) is 111 cm³/mol. The number of anilines is 1. The van der Waals surface area contributed by atoms with Crippen LogP contribution in [0.4, 0.5) is 11.4 Å². The molecule has 28 heavy (non-hydrogen) atoms. The Morgan fingerprint density at radius 3 is 2.68 bits per heavy atom. The number of halogens is 1. The van der Waals surface area contributed by atoms with Crippen molar-refractivity contribution >= 4 is 50.4 Å². The first-order valence-corrected chi connectivity index (χ1v) is 9.42. The maximum atomic E-state index is 12.6. The summed E-state index contributed by atoms with van der Waals surface area (Å²) in [7, 11) is 0. The zero-order valence-electron chi connectivity index (χ0n) is 14.3. The lowest BCUT2D eigenvalue weighted by molar-refractivity contribution is -0.384. The van der Waals surface area contributed by atoms with E-state index in [1.54, 1.807) is 18.2 Å². The van der Waals surface area contributed by atoms with Gasteiger partial charge in [0.15, 0.2) is 0 Å². The van der Waals surface area contributed by atoms with Gasteiger partial charge in [-0.3, -0.25) is 14.9 Å². The number of rotatable bonds is 4. The average Bonchev–Trinajstić information content (AvgIpc) is 3.13. The van der Waals surface area contributed by atoms with Gasteiger partial charge in [-0.05, 0) is 36.4 Å². The van der Waals surface area contributed by atoms with Crippen LogP contribution in [0.3, 0.4) is 0 Å². The summed E-state index contributed by atoms with van der Waals surface area (Å²) in [5, 5.41) is 15.0. The number of aromatic nitrogens is 1. The van der Waals surface area contributed by atoms with Crippen molar-refractivity contribution in [3.63, 3.8) is 0 Å². The predicted octanol–water partition coefficient (Wildman–Crippen LogP) is 5.78. The molecule has 0 saturated carbocycles. The molecule has 1 aromatic heterocycles. The van der Waals surface area contributed by atoms with E-state index in [1.807, 2.05) is 24.3 Å². The minimum absolute atomic E-state index is 0.143. The standard InChI is InChI=1S/C20H12ClN3O3S/c21-13-8-9-16(22-19(25)12-4-3-5-14(10-12)24(26)27)15(11-13)20-23-17-6-1-2-7-18(17)28-20/h1-11H,(H,22,25). The zero-order chi connectivity index (χ0) is 19.7. The number of thiazole rings is 1. The summed E-state index contributed by atoms with van der Waals surface area (Å²) in [6.07, 6.45) is 0. The summed E-state index contributed by atoms with van der Waals surface area (Å²) in [5.41, 5.74) is 2.13. The normalized spacial score (nSPS) is 10.8. The number of hydrogen-bond donors (Lipinski definition) is 1. The van der Waals surface area contributed by atoms with E-state index in [-0.39, 0.29) is 11.3 Å². The second kappa shape index (κ2) is 7.38. The third-order valence-corrected chi connectivity index (χ3v) is 5.38. The van der Waals surface area contributed by atoms with Crippen molar-refractivity contribution in [3.8, 4) is 10.6 Å². The van der Waals surface area contributed by atoms with Crippen LogP contribution < -0.4 is 5.32 Å². The number of nitro benzene ring substituents is 1. The largest absolute Gasteiger partial charge is 0.321 e. The molecule has 1 amide bonds. The van der Waals surface area contributed by atoms with Gasteiger partial charge in [0.1, 0.15) is 5.01 Å². The summed E-state index contributed by atoms with van der Waals surface area (Å²) in [6, 6.07) is 18.4. The van der Waals surface area contributed by atoms with Crippen LogP contribution in [0, 0.1) is 10.1 Å². The molecule has 3 aromatic carbocycles. The molecule has 0 aliphatic heterocycles. The Balaban J connectivity index is 1.71. The average molecular weight is 410 g/mol. The molecule has 0 atom stereocenters. The number of amides is 1. The Morgan fingerprint density at radius 2 is 1.89 bits per heavy atom. The summed E-state index contributed by atoms with van der Waals surface area (Å²) >= 11 is 7.66. The lowest BCUT2D eigenvalue weighted by atomic mass is 10.1. The number of nitrogens with zero attached hydrogens (tertiary/aromatic N) is 2. The number of nitro groups is 1. The SMILES string of the molecule is O=C(Nc1ccc(Cl)cc1-c1nc2ccccc2s1)c1cccc([N+](=O)[O-])c1. The number of carbonyl (C=O) groups is 1. The van der Waals surface area contributed by atoms with Crippen LogP contribution in [-0.2, 0) is 0 Å². The number of benzene rings is 3. The van der Waals surface area contributed by atoms with E-state index in [0.717, 1.165) is 15.2 Å². The first-order chi connectivity index (χ1) is 13.5. The van der Waals surface area contributed by atoms with Gasteiger partial charge >= 0.3 is 0 Å². The van der Waals surface area contributed by atoms with E-state index in [1.165, 1.54) is 35.6 Å². The smallest absolute Gasteiger partial charge is 0.270 e. The Hall–Kier alpha value is -3.29. The topological polar surface area (TPSA) is 85.1 Å². The molecule has 0 fully saturated rings. The van der Waals surface area contributed by atoms with Gasteiger partial charge in [-0.15, -0.1) is 11.3 Å². The Kier molecular flexibility index (Phi) is 4.77. The van der Waals surface area contributed by atoms with Crippen molar-refractivity contribution in [3.05, 3.63) is 87.4 Å². The van der Waals surface area contributed by atoms with Crippen LogP contribution in [0.25, 0.3) is 20.8 Å². The van der Waals surface area contributed by atoms with Crippen molar-refractivity contribution in [2.45, 2.75) is 0 Å². The number of hydrogen-bond acceptors (Lipinski definition) is 5. The van der Waals surface area contributed by atoms with Crippen LogP contribution in [0.5, 0.6) is 0 Å².